The van der Waals surface area contributed by atoms with E-state index in [-0.39, 0.29) is 47.8 Å². The fourth-order valence-electron chi connectivity index (χ4n) is 4.20. The molecule has 0 saturated carbocycles. The minimum Gasteiger partial charge on any atom is -0.488 e. The lowest BCUT2D eigenvalue weighted by atomic mass is 10.0. The second-order valence-electron chi connectivity index (χ2n) is 9.58. The number of carbonyl (C=O) groups excluding carboxylic acids is 4. The molecule has 1 heterocycles. The molecule has 0 bridgehead atoms. The monoisotopic (exact) mass is 553 g/mol. The van der Waals surface area contributed by atoms with Gasteiger partial charge in [0, 0.05) is 23.2 Å². The highest BCUT2D eigenvalue weighted by atomic mass is 16.5. The van der Waals surface area contributed by atoms with Gasteiger partial charge in [0.25, 0.3) is 5.91 Å². The first-order chi connectivity index (χ1) is 19.0. The summed E-state index contributed by atoms with van der Waals surface area (Å²) in [6.45, 7) is 1.61. The number of aliphatic hydroxyl groups is 1. The molecule has 0 saturated heterocycles. The van der Waals surface area contributed by atoms with E-state index >= 15 is 0 Å². The summed E-state index contributed by atoms with van der Waals surface area (Å²) in [6.07, 6.45) is 0.128. The molecule has 13 nitrogen and oxygen atoms in total. The van der Waals surface area contributed by atoms with Gasteiger partial charge in [0.15, 0.2) is 0 Å². The maximum atomic E-state index is 13.5. The molecule has 0 unspecified atom stereocenters. The zero-order chi connectivity index (χ0) is 29.4. The van der Waals surface area contributed by atoms with Crippen LogP contribution in [0, 0.1) is 5.41 Å². The minimum atomic E-state index is -1.38. The smallest absolute Gasteiger partial charge is 0.255 e. The van der Waals surface area contributed by atoms with Crippen LogP contribution in [-0.4, -0.2) is 59.3 Å². The zero-order valence-electron chi connectivity index (χ0n) is 22.2. The Morgan fingerprint density at radius 3 is 2.50 bits per heavy atom. The van der Waals surface area contributed by atoms with Crippen molar-refractivity contribution in [2.24, 2.45) is 17.2 Å². The van der Waals surface area contributed by atoms with Crippen molar-refractivity contribution >= 4 is 35.2 Å². The lowest BCUT2D eigenvalue weighted by molar-refractivity contribution is -0.130. The van der Waals surface area contributed by atoms with Gasteiger partial charge < -0.3 is 43.0 Å². The number of ether oxygens (including phenoxy) is 1. The predicted octanol–water partition coefficient (Wildman–Crippen LogP) is -0.112. The van der Waals surface area contributed by atoms with E-state index < -0.39 is 41.8 Å². The molecule has 2 aromatic rings. The summed E-state index contributed by atoms with van der Waals surface area (Å²) in [4.78, 5) is 51.8. The summed E-state index contributed by atoms with van der Waals surface area (Å²) < 4.78 is 5.98. The highest BCUT2D eigenvalue weighted by Crippen LogP contribution is 2.26. The molecule has 11 N–H and O–H groups in total. The number of fused-ring (bicyclic) bond motifs is 2. The lowest BCUT2D eigenvalue weighted by Crippen LogP contribution is -2.56. The van der Waals surface area contributed by atoms with Crippen molar-refractivity contribution in [3.63, 3.8) is 0 Å². The minimum absolute atomic E-state index is 0.0969. The van der Waals surface area contributed by atoms with Crippen LogP contribution in [0.25, 0.3) is 0 Å². The predicted molar refractivity (Wildman–Crippen MR) is 148 cm³/mol. The van der Waals surface area contributed by atoms with Gasteiger partial charge in [0.2, 0.25) is 17.7 Å². The second kappa shape index (κ2) is 13.5. The summed E-state index contributed by atoms with van der Waals surface area (Å²) in [5.41, 5.74) is 18.0. The summed E-state index contributed by atoms with van der Waals surface area (Å²) in [5.74, 6) is -2.69. The summed E-state index contributed by atoms with van der Waals surface area (Å²) >= 11 is 0. The number of anilines is 1. The first-order valence-electron chi connectivity index (χ1n) is 12.8. The van der Waals surface area contributed by atoms with Crippen molar-refractivity contribution in [1.82, 2.24) is 10.6 Å². The van der Waals surface area contributed by atoms with E-state index in [1.165, 1.54) is 31.2 Å². The number of nitrogens with two attached hydrogens (primary N) is 3. The SMILES string of the molecule is C[C@@H](O)[C@@H]1NC(=O)[C@H](CCCCN)NC(=O)c2cc(CC(=N)N)ccc2OCc2ccc(C(N)=O)cc2NC1=O. The molecule has 40 heavy (non-hydrogen) atoms. The van der Waals surface area contributed by atoms with Gasteiger partial charge in [-0.1, -0.05) is 12.1 Å². The van der Waals surface area contributed by atoms with Crippen molar-refractivity contribution in [3.05, 3.63) is 58.7 Å². The van der Waals surface area contributed by atoms with Crippen LogP contribution in [0.4, 0.5) is 5.69 Å². The molecule has 0 fully saturated rings. The number of unbranched alkanes of at least 4 members (excludes halogenated alkanes) is 1. The lowest BCUT2D eigenvalue weighted by Gasteiger charge is -2.26. The molecule has 214 valence electrons. The average molecular weight is 554 g/mol. The van der Waals surface area contributed by atoms with E-state index in [4.69, 9.17) is 27.3 Å². The Labute approximate surface area is 231 Å². The van der Waals surface area contributed by atoms with E-state index in [2.05, 4.69) is 16.0 Å². The number of hydrogen-bond acceptors (Lipinski definition) is 8. The van der Waals surface area contributed by atoms with Gasteiger partial charge in [-0.15, -0.1) is 0 Å². The highest BCUT2D eigenvalue weighted by Gasteiger charge is 2.31. The van der Waals surface area contributed by atoms with Crippen LogP contribution in [0.3, 0.4) is 0 Å². The summed E-state index contributed by atoms with van der Waals surface area (Å²) in [5, 5.41) is 25.8. The molecular formula is C27H35N7O6. The molecule has 4 amide bonds. The van der Waals surface area contributed by atoms with Crippen LogP contribution in [0.2, 0.25) is 0 Å². The number of benzene rings is 2. The number of carbonyl (C=O) groups is 4. The first-order valence-corrected chi connectivity index (χ1v) is 12.8. The molecule has 2 aromatic carbocycles. The van der Waals surface area contributed by atoms with Gasteiger partial charge in [-0.3, -0.25) is 24.6 Å². The molecular weight excluding hydrogens is 518 g/mol. The van der Waals surface area contributed by atoms with Gasteiger partial charge in [-0.2, -0.15) is 0 Å². The van der Waals surface area contributed by atoms with Crippen molar-refractivity contribution in [3.8, 4) is 5.75 Å². The number of aliphatic hydroxyl groups excluding tert-OH is 1. The normalized spacial score (nSPS) is 18.5. The van der Waals surface area contributed by atoms with Gasteiger partial charge in [-0.05, 0) is 62.6 Å². The second-order valence-corrected chi connectivity index (χ2v) is 9.58. The first kappa shape index (κ1) is 30.1. The molecule has 0 aromatic heterocycles. The quantitative estimate of drug-likeness (QED) is 0.124. The largest absolute Gasteiger partial charge is 0.488 e. The molecule has 13 heteroatoms. The number of primary amides is 1. The topological polar surface area (TPSA) is 236 Å². The number of hydrogen-bond donors (Lipinski definition) is 8. The molecule has 0 radical (unpaired) electrons. The number of nitrogens with one attached hydrogen (secondary N) is 4. The average Bonchev–Trinajstić information content (AvgIpc) is 2.89. The number of rotatable bonds is 8. The van der Waals surface area contributed by atoms with Gasteiger partial charge in [-0.25, -0.2) is 0 Å². The highest BCUT2D eigenvalue weighted by molar-refractivity contribution is 6.03. The number of amides is 4. The van der Waals surface area contributed by atoms with Crippen molar-refractivity contribution in [2.45, 2.75) is 57.4 Å². The zero-order valence-corrected chi connectivity index (χ0v) is 22.2. The third-order valence-electron chi connectivity index (χ3n) is 6.35. The van der Waals surface area contributed by atoms with Crippen molar-refractivity contribution < 1.29 is 29.0 Å². The Morgan fingerprint density at radius 2 is 1.85 bits per heavy atom. The van der Waals surface area contributed by atoms with E-state index in [9.17, 15) is 24.3 Å². The Hall–Kier alpha value is -4.49. The molecule has 3 atom stereocenters. The van der Waals surface area contributed by atoms with Crippen LogP contribution in [0.5, 0.6) is 5.75 Å². The Morgan fingerprint density at radius 1 is 1.10 bits per heavy atom. The van der Waals surface area contributed by atoms with Crippen LogP contribution < -0.4 is 37.9 Å². The van der Waals surface area contributed by atoms with Gasteiger partial charge in [0.1, 0.15) is 24.4 Å². The molecule has 0 aliphatic carbocycles. The van der Waals surface area contributed by atoms with Crippen LogP contribution in [0.1, 0.15) is 58.0 Å². The molecule has 1 aliphatic heterocycles. The Balaban J connectivity index is 2.11. The van der Waals surface area contributed by atoms with Crippen molar-refractivity contribution in [1.29, 1.82) is 5.41 Å². The Bertz CT molecular complexity index is 1300. The van der Waals surface area contributed by atoms with Crippen LogP contribution in [-0.2, 0) is 22.6 Å². The van der Waals surface area contributed by atoms with E-state index in [0.717, 1.165) is 0 Å². The standard InChI is InChI=1S/C27H35N7O6/c1-14(35)23-27(39)33-20-12-16(24(31)36)6-7-17(20)13-40-21-8-5-15(11-22(29)30)10-18(21)25(37)32-19(26(38)34-23)4-2-3-9-28/h5-8,10,12,14,19,23,35H,2-4,9,11,13,28H2,1H3,(H3,29,30)(H2,31,36)(H,32,37)(H,33,39)(H,34,38)/t14-,19+,23+/m1/s1. The van der Waals surface area contributed by atoms with E-state index in [1.807, 2.05) is 0 Å². The van der Waals surface area contributed by atoms with Gasteiger partial charge in [0.05, 0.1) is 17.5 Å². The fraction of sp³-hybridized carbons (Fsp3) is 0.370. The Kier molecular flexibility index (Phi) is 10.2. The van der Waals surface area contributed by atoms with Gasteiger partial charge >= 0.3 is 0 Å². The summed E-state index contributed by atoms with van der Waals surface area (Å²) in [7, 11) is 0. The maximum Gasteiger partial charge on any atom is 0.255 e. The molecule has 1 aliphatic rings. The number of amidine groups is 1. The van der Waals surface area contributed by atoms with Crippen LogP contribution >= 0.6 is 0 Å². The third-order valence-corrected chi connectivity index (χ3v) is 6.35. The van der Waals surface area contributed by atoms with E-state index in [1.54, 1.807) is 12.1 Å². The van der Waals surface area contributed by atoms with Crippen molar-refractivity contribution in [2.75, 3.05) is 11.9 Å². The van der Waals surface area contributed by atoms with E-state index in [0.29, 0.717) is 30.5 Å². The third kappa shape index (κ3) is 7.77. The fourth-order valence-corrected chi connectivity index (χ4v) is 4.20. The van der Waals surface area contributed by atoms with Crippen LogP contribution in [0.15, 0.2) is 36.4 Å². The molecule has 3 rings (SSSR count). The molecule has 0 spiro atoms. The summed E-state index contributed by atoms with van der Waals surface area (Å²) in [6, 6.07) is 6.67. The maximum absolute atomic E-state index is 13.5.